The molecule has 0 saturated carbocycles. The van der Waals surface area contributed by atoms with Crippen LogP contribution >= 0.6 is 0 Å². The maximum Gasteiger partial charge on any atom is 0.306 e. The van der Waals surface area contributed by atoms with Crippen LogP contribution in [0.4, 0.5) is 0 Å². The van der Waals surface area contributed by atoms with E-state index in [9.17, 15) is 14.4 Å². The zero-order valence-electron chi connectivity index (χ0n) is 38.7. The second kappa shape index (κ2) is 48.0. The van der Waals surface area contributed by atoms with E-state index >= 15 is 0 Å². The Balaban J connectivity index is 4.52. The van der Waals surface area contributed by atoms with E-state index in [0.717, 1.165) is 96.3 Å². The molecule has 1 unspecified atom stereocenters. The van der Waals surface area contributed by atoms with Crippen molar-refractivity contribution in [3.8, 4) is 0 Å². The second-order valence-corrected chi connectivity index (χ2v) is 15.7. The summed E-state index contributed by atoms with van der Waals surface area (Å²) in [5.41, 5.74) is 0. The third kappa shape index (κ3) is 45.4. The molecule has 6 heteroatoms. The van der Waals surface area contributed by atoms with Crippen LogP contribution in [0.3, 0.4) is 0 Å². The van der Waals surface area contributed by atoms with Gasteiger partial charge in [-0.25, -0.2) is 0 Å². The van der Waals surface area contributed by atoms with Crippen molar-refractivity contribution < 1.29 is 28.6 Å². The second-order valence-electron chi connectivity index (χ2n) is 15.7. The van der Waals surface area contributed by atoms with Crippen LogP contribution in [0.15, 0.2) is 97.2 Å². The Labute approximate surface area is 368 Å². The Morgan fingerprint density at radius 1 is 0.367 bits per heavy atom. The summed E-state index contributed by atoms with van der Waals surface area (Å²) in [4.78, 5) is 37.8. The first kappa shape index (κ1) is 56.3. The van der Waals surface area contributed by atoms with E-state index in [4.69, 9.17) is 14.2 Å². The largest absolute Gasteiger partial charge is 0.462 e. The Kier molecular flexibility index (Phi) is 45.1. The average Bonchev–Trinajstić information content (AvgIpc) is 3.24. The van der Waals surface area contributed by atoms with Gasteiger partial charge in [0.05, 0.1) is 0 Å². The van der Waals surface area contributed by atoms with E-state index in [0.29, 0.717) is 19.3 Å². The minimum atomic E-state index is -0.814. The molecule has 0 aliphatic rings. The van der Waals surface area contributed by atoms with Gasteiger partial charge in [-0.3, -0.25) is 14.4 Å². The molecule has 340 valence electrons. The summed E-state index contributed by atoms with van der Waals surface area (Å²) in [5, 5.41) is 0. The van der Waals surface area contributed by atoms with Crippen molar-refractivity contribution in [2.24, 2.45) is 0 Å². The number of ether oxygens (including phenoxy) is 3. The standard InChI is InChI=1S/C54H88O6/c1-4-7-10-13-16-19-22-25-27-30-32-35-38-41-44-47-53(56)59-50-51(49-58-52(55)46-43-40-37-34-31-28-24-21-18-15-12-9-6-3)60-54(57)48-45-42-39-36-33-29-26-23-20-17-14-11-8-5-2/h7-8,10-11,13,16-17,19-20,22,25,27-28,31,37,40,51H,4-6,9,12,14-15,18,21,23-24,26,29-30,32-36,38-39,41-50H2,1-3H3/b10-7+,11-8+,16-13+,20-17+,22-19+,27-25+,31-28+,40-37+. The SMILES string of the molecule is CC/C=C/C=C/C=C/C=C/CCCCCCCC(=O)OCC(COC(=O)CC/C=C/C/C=C/CCCCCCCC)OC(=O)CCCCCCCCC/C=C/C/C=C/CC. The summed E-state index contributed by atoms with van der Waals surface area (Å²) < 4.78 is 16.7. The smallest absolute Gasteiger partial charge is 0.306 e. The third-order valence-corrected chi connectivity index (χ3v) is 9.91. The molecule has 0 heterocycles. The van der Waals surface area contributed by atoms with Crippen LogP contribution in [-0.2, 0) is 28.6 Å². The predicted molar refractivity (Wildman–Crippen MR) is 256 cm³/mol. The van der Waals surface area contributed by atoms with E-state index in [-0.39, 0.29) is 37.5 Å². The molecule has 0 amide bonds. The molecule has 0 rings (SSSR count). The van der Waals surface area contributed by atoms with Gasteiger partial charge in [-0.2, -0.15) is 0 Å². The van der Waals surface area contributed by atoms with Gasteiger partial charge in [0.2, 0.25) is 0 Å². The Morgan fingerprint density at radius 2 is 0.767 bits per heavy atom. The van der Waals surface area contributed by atoms with Gasteiger partial charge in [0.15, 0.2) is 6.10 Å². The normalized spacial score (nSPS) is 12.9. The maximum atomic E-state index is 12.8. The lowest BCUT2D eigenvalue weighted by atomic mass is 10.1. The molecule has 0 aromatic carbocycles. The van der Waals surface area contributed by atoms with Gasteiger partial charge in [0, 0.05) is 19.3 Å². The molecule has 0 saturated heterocycles. The van der Waals surface area contributed by atoms with E-state index in [1.807, 2.05) is 30.4 Å². The lowest BCUT2D eigenvalue weighted by molar-refractivity contribution is -0.166. The minimum Gasteiger partial charge on any atom is -0.462 e. The van der Waals surface area contributed by atoms with Gasteiger partial charge in [-0.15, -0.1) is 0 Å². The molecule has 0 N–H and O–H groups in total. The molecule has 0 bridgehead atoms. The number of hydrogen-bond acceptors (Lipinski definition) is 6. The molecular weight excluding hydrogens is 745 g/mol. The monoisotopic (exact) mass is 833 g/mol. The first-order chi connectivity index (χ1) is 29.5. The molecule has 1 atom stereocenters. The lowest BCUT2D eigenvalue weighted by Crippen LogP contribution is -2.30. The zero-order valence-corrected chi connectivity index (χ0v) is 38.7. The van der Waals surface area contributed by atoms with E-state index in [2.05, 4.69) is 87.6 Å². The van der Waals surface area contributed by atoms with Crippen LogP contribution < -0.4 is 0 Å². The molecular formula is C54H88O6. The first-order valence-electron chi connectivity index (χ1n) is 24.3. The lowest BCUT2D eigenvalue weighted by Gasteiger charge is -2.18. The molecule has 0 aromatic rings. The topological polar surface area (TPSA) is 78.9 Å². The van der Waals surface area contributed by atoms with Crippen LogP contribution in [0.25, 0.3) is 0 Å². The van der Waals surface area contributed by atoms with Crippen molar-refractivity contribution in [3.63, 3.8) is 0 Å². The molecule has 60 heavy (non-hydrogen) atoms. The molecule has 0 aromatic heterocycles. The number of rotatable bonds is 42. The number of hydrogen-bond donors (Lipinski definition) is 0. The van der Waals surface area contributed by atoms with Crippen LogP contribution in [0.2, 0.25) is 0 Å². The van der Waals surface area contributed by atoms with Crippen molar-refractivity contribution >= 4 is 17.9 Å². The number of esters is 3. The highest BCUT2D eigenvalue weighted by Gasteiger charge is 2.19. The highest BCUT2D eigenvalue weighted by atomic mass is 16.6. The minimum absolute atomic E-state index is 0.112. The number of carbonyl (C=O) groups is 3. The fourth-order valence-electron chi connectivity index (χ4n) is 6.31. The Hall–Kier alpha value is -3.67. The summed E-state index contributed by atoms with van der Waals surface area (Å²) in [5.74, 6) is -1.02. The summed E-state index contributed by atoms with van der Waals surface area (Å²) in [7, 11) is 0. The Morgan fingerprint density at radius 3 is 1.30 bits per heavy atom. The van der Waals surface area contributed by atoms with Crippen LogP contribution in [0.1, 0.15) is 207 Å². The van der Waals surface area contributed by atoms with E-state index in [1.165, 1.54) is 64.2 Å². The van der Waals surface area contributed by atoms with Crippen molar-refractivity contribution in [3.05, 3.63) is 97.2 Å². The molecule has 0 aliphatic carbocycles. The fraction of sp³-hybridized carbons (Fsp3) is 0.648. The van der Waals surface area contributed by atoms with Gasteiger partial charge >= 0.3 is 17.9 Å². The summed E-state index contributed by atoms with van der Waals surface area (Å²) in [6.07, 6.45) is 62.5. The van der Waals surface area contributed by atoms with Crippen LogP contribution in [0, 0.1) is 0 Å². The van der Waals surface area contributed by atoms with E-state index in [1.54, 1.807) is 0 Å². The van der Waals surface area contributed by atoms with Crippen molar-refractivity contribution in [2.75, 3.05) is 13.2 Å². The molecule has 6 nitrogen and oxygen atoms in total. The summed E-state index contributed by atoms with van der Waals surface area (Å²) in [6, 6.07) is 0. The van der Waals surface area contributed by atoms with Gasteiger partial charge in [0.25, 0.3) is 0 Å². The van der Waals surface area contributed by atoms with Gasteiger partial charge in [-0.1, -0.05) is 201 Å². The van der Waals surface area contributed by atoms with Crippen LogP contribution in [-0.4, -0.2) is 37.2 Å². The average molecular weight is 833 g/mol. The fourth-order valence-corrected chi connectivity index (χ4v) is 6.31. The summed E-state index contributed by atoms with van der Waals surface area (Å²) >= 11 is 0. The number of unbranched alkanes of at least 4 members (excludes halogenated alkanes) is 18. The van der Waals surface area contributed by atoms with Gasteiger partial charge < -0.3 is 14.2 Å². The molecule has 0 fully saturated rings. The Bertz CT molecular complexity index is 1230. The number of carbonyl (C=O) groups excluding carboxylic acids is 3. The maximum absolute atomic E-state index is 12.8. The third-order valence-electron chi connectivity index (χ3n) is 9.91. The van der Waals surface area contributed by atoms with E-state index < -0.39 is 6.10 Å². The van der Waals surface area contributed by atoms with Crippen molar-refractivity contribution in [2.45, 2.75) is 213 Å². The summed E-state index contributed by atoms with van der Waals surface area (Å²) in [6.45, 7) is 6.29. The molecule has 0 radical (unpaired) electrons. The van der Waals surface area contributed by atoms with Crippen molar-refractivity contribution in [1.29, 1.82) is 0 Å². The predicted octanol–water partition coefficient (Wildman–Crippen LogP) is 15.8. The van der Waals surface area contributed by atoms with Crippen LogP contribution in [0.5, 0.6) is 0 Å². The quantitative estimate of drug-likeness (QED) is 0.0200. The van der Waals surface area contributed by atoms with Gasteiger partial charge in [-0.05, 0) is 83.5 Å². The first-order valence-corrected chi connectivity index (χ1v) is 24.3. The molecule has 0 spiro atoms. The highest BCUT2D eigenvalue weighted by molar-refractivity contribution is 5.71. The highest BCUT2D eigenvalue weighted by Crippen LogP contribution is 2.13. The molecule has 0 aliphatic heterocycles. The van der Waals surface area contributed by atoms with Gasteiger partial charge in [0.1, 0.15) is 13.2 Å². The zero-order chi connectivity index (χ0) is 43.7. The number of allylic oxidation sites excluding steroid dienone is 16. The van der Waals surface area contributed by atoms with Crippen molar-refractivity contribution in [1.82, 2.24) is 0 Å².